The highest BCUT2D eigenvalue weighted by Gasteiger charge is 2.24. The molecule has 0 aliphatic rings. The SMILES string of the molecule is CCCC(COS(=O)(=O)c1ccccc1)OS(=O)(=O)c1ccccc1. The van der Waals surface area contributed by atoms with Crippen molar-refractivity contribution in [3.8, 4) is 0 Å². The molecule has 6 nitrogen and oxygen atoms in total. The molecule has 0 aromatic heterocycles. The number of hydrogen-bond donors (Lipinski definition) is 0. The van der Waals surface area contributed by atoms with Crippen LogP contribution < -0.4 is 0 Å². The molecule has 0 radical (unpaired) electrons. The minimum Gasteiger partial charge on any atom is -0.264 e. The van der Waals surface area contributed by atoms with Gasteiger partial charge in [0.2, 0.25) is 0 Å². The summed E-state index contributed by atoms with van der Waals surface area (Å²) in [4.78, 5) is 0.0261. The predicted molar refractivity (Wildman–Crippen MR) is 93.0 cm³/mol. The fraction of sp³-hybridized carbons (Fsp3) is 0.294. The average molecular weight is 384 g/mol. The summed E-state index contributed by atoms with van der Waals surface area (Å²) < 4.78 is 59.0. The van der Waals surface area contributed by atoms with Crippen LogP contribution in [0.3, 0.4) is 0 Å². The van der Waals surface area contributed by atoms with E-state index in [0.29, 0.717) is 12.8 Å². The van der Waals surface area contributed by atoms with Gasteiger partial charge in [0.15, 0.2) is 0 Å². The molecule has 1 atom stereocenters. The summed E-state index contributed by atoms with van der Waals surface area (Å²) in [6, 6.07) is 15.4. The highest BCUT2D eigenvalue weighted by atomic mass is 32.2. The summed E-state index contributed by atoms with van der Waals surface area (Å²) in [5.41, 5.74) is 0. The summed E-state index contributed by atoms with van der Waals surface area (Å²) in [6.07, 6.45) is 0.0637. The van der Waals surface area contributed by atoms with Gasteiger partial charge in [0, 0.05) is 0 Å². The monoisotopic (exact) mass is 384 g/mol. The smallest absolute Gasteiger partial charge is 0.264 e. The Kier molecular flexibility index (Phi) is 6.71. The molecule has 2 rings (SSSR count). The van der Waals surface area contributed by atoms with E-state index in [-0.39, 0.29) is 16.4 Å². The lowest BCUT2D eigenvalue weighted by Crippen LogP contribution is -2.25. The zero-order chi connectivity index (χ0) is 18.3. The fourth-order valence-electron chi connectivity index (χ4n) is 2.12. The van der Waals surface area contributed by atoms with Gasteiger partial charge in [0.25, 0.3) is 20.2 Å². The Morgan fingerprint density at radius 3 is 1.76 bits per heavy atom. The molecule has 0 aliphatic heterocycles. The van der Waals surface area contributed by atoms with Crippen LogP contribution in [0.1, 0.15) is 19.8 Å². The third-order valence-electron chi connectivity index (χ3n) is 3.35. The van der Waals surface area contributed by atoms with E-state index in [1.165, 1.54) is 24.3 Å². The molecule has 0 N–H and O–H groups in total. The van der Waals surface area contributed by atoms with Crippen LogP contribution in [-0.2, 0) is 28.6 Å². The van der Waals surface area contributed by atoms with E-state index < -0.39 is 26.3 Å². The molecule has 136 valence electrons. The number of rotatable bonds is 9. The van der Waals surface area contributed by atoms with Crippen LogP contribution in [0.4, 0.5) is 0 Å². The van der Waals surface area contributed by atoms with E-state index in [0.717, 1.165) is 0 Å². The second kappa shape index (κ2) is 8.57. The molecule has 2 aromatic rings. The lowest BCUT2D eigenvalue weighted by Gasteiger charge is -2.17. The van der Waals surface area contributed by atoms with Crippen molar-refractivity contribution in [2.45, 2.75) is 35.7 Å². The van der Waals surface area contributed by atoms with Gasteiger partial charge in [-0.3, -0.25) is 8.37 Å². The Balaban J connectivity index is 2.09. The van der Waals surface area contributed by atoms with E-state index in [9.17, 15) is 16.8 Å². The molecular formula is C17H20O6S2. The summed E-state index contributed by atoms with van der Waals surface area (Å²) in [7, 11) is -7.96. The molecular weight excluding hydrogens is 364 g/mol. The number of hydrogen-bond acceptors (Lipinski definition) is 6. The highest BCUT2D eigenvalue weighted by Crippen LogP contribution is 2.18. The topological polar surface area (TPSA) is 86.7 Å². The van der Waals surface area contributed by atoms with E-state index >= 15 is 0 Å². The van der Waals surface area contributed by atoms with Crippen molar-refractivity contribution in [1.82, 2.24) is 0 Å². The first kappa shape index (κ1) is 19.6. The van der Waals surface area contributed by atoms with Gasteiger partial charge in [-0.25, -0.2) is 0 Å². The molecule has 0 spiro atoms. The first-order valence-corrected chi connectivity index (χ1v) is 10.6. The second-order valence-corrected chi connectivity index (χ2v) is 8.51. The quantitative estimate of drug-likeness (QED) is 0.618. The summed E-state index contributed by atoms with van der Waals surface area (Å²) in [5, 5.41) is 0. The van der Waals surface area contributed by atoms with Gasteiger partial charge in [0.05, 0.1) is 16.4 Å². The van der Waals surface area contributed by atoms with Gasteiger partial charge >= 0.3 is 0 Å². The zero-order valence-corrected chi connectivity index (χ0v) is 15.4. The summed E-state index contributed by atoms with van der Waals surface area (Å²) in [6.45, 7) is 1.47. The van der Waals surface area contributed by atoms with Crippen LogP contribution in [0.2, 0.25) is 0 Å². The van der Waals surface area contributed by atoms with Crippen molar-refractivity contribution >= 4 is 20.2 Å². The van der Waals surface area contributed by atoms with Gasteiger partial charge in [-0.05, 0) is 30.7 Å². The minimum atomic E-state index is -3.99. The van der Waals surface area contributed by atoms with Crippen LogP contribution in [0, 0.1) is 0 Å². The van der Waals surface area contributed by atoms with Crippen LogP contribution in [0.15, 0.2) is 70.5 Å². The molecule has 2 aromatic carbocycles. The van der Waals surface area contributed by atoms with Crippen molar-refractivity contribution < 1.29 is 25.2 Å². The van der Waals surface area contributed by atoms with Crippen LogP contribution in [-0.4, -0.2) is 29.5 Å². The Labute approximate surface area is 148 Å². The Bertz CT molecular complexity index is 862. The molecule has 0 fully saturated rings. The van der Waals surface area contributed by atoms with E-state index in [2.05, 4.69) is 0 Å². The molecule has 1 unspecified atom stereocenters. The zero-order valence-electron chi connectivity index (χ0n) is 13.7. The Morgan fingerprint density at radius 2 is 1.28 bits per heavy atom. The van der Waals surface area contributed by atoms with Crippen molar-refractivity contribution in [2.24, 2.45) is 0 Å². The third-order valence-corrected chi connectivity index (χ3v) is 6.02. The molecule has 0 saturated heterocycles. The highest BCUT2D eigenvalue weighted by molar-refractivity contribution is 7.87. The summed E-state index contributed by atoms with van der Waals surface area (Å²) >= 11 is 0. The van der Waals surface area contributed by atoms with Crippen LogP contribution >= 0.6 is 0 Å². The predicted octanol–water partition coefficient (Wildman–Crippen LogP) is 2.97. The Hall–Kier alpha value is -1.74. The summed E-state index contributed by atoms with van der Waals surface area (Å²) in [5.74, 6) is 0. The molecule has 8 heteroatoms. The van der Waals surface area contributed by atoms with E-state index in [4.69, 9.17) is 8.37 Å². The fourth-order valence-corrected chi connectivity index (χ4v) is 4.19. The molecule has 0 heterocycles. The molecule has 0 bridgehead atoms. The van der Waals surface area contributed by atoms with Gasteiger partial charge < -0.3 is 0 Å². The van der Waals surface area contributed by atoms with Gasteiger partial charge in [-0.1, -0.05) is 49.7 Å². The van der Waals surface area contributed by atoms with Crippen molar-refractivity contribution in [1.29, 1.82) is 0 Å². The normalized spacial score (nSPS) is 13.5. The molecule has 0 saturated carbocycles. The van der Waals surface area contributed by atoms with Crippen LogP contribution in [0.5, 0.6) is 0 Å². The van der Waals surface area contributed by atoms with Gasteiger partial charge in [-0.15, -0.1) is 0 Å². The second-order valence-electron chi connectivity index (χ2n) is 5.33. The standard InChI is InChI=1S/C17H20O6S2/c1-2-9-15(23-25(20,21)17-12-7-4-8-13-17)14-22-24(18,19)16-10-5-3-6-11-16/h3-8,10-13,15H,2,9,14H2,1H3. The molecule has 0 aliphatic carbocycles. The van der Waals surface area contributed by atoms with Gasteiger partial charge in [0.1, 0.15) is 6.10 Å². The maximum atomic E-state index is 12.3. The first-order chi connectivity index (χ1) is 11.8. The minimum absolute atomic E-state index is 0.0103. The Morgan fingerprint density at radius 1 is 0.800 bits per heavy atom. The molecule has 25 heavy (non-hydrogen) atoms. The maximum absolute atomic E-state index is 12.3. The number of benzene rings is 2. The first-order valence-electron chi connectivity index (χ1n) is 7.78. The van der Waals surface area contributed by atoms with E-state index in [1.807, 2.05) is 6.92 Å². The molecule has 0 amide bonds. The van der Waals surface area contributed by atoms with E-state index in [1.54, 1.807) is 36.4 Å². The van der Waals surface area contributed by atoms with Crippen molar-refractivity contribution in [3.63, 3.8) is 0 Å². The van der Waals surface area contributed by atoms with Crippen molar-refractivity contribution in [2.75, 3.05) is 6.61 Å². The maximum Gasteiger partial charge on any atom is 0.297 e. The van der Waals surface area contributed by atoms with Crippen molar-refractivity contribution in [3.05, 3.63) is 60.7 Å². The van der Waals surface area contributed by atoms with Crippen LogP contribution in [0.25, 0.3) is 0 Å². The average Bonchev–Trinajstić information content (AvgIpc) is 2.61. The largest absolute Gasteiger partial charge is 0.297 e. The lowest BCUT2D eigenvalue weighted by atomic mass is 10.2. The third kappa shape index (κ3) is 5.64. The van der Waals surface area contributed by atoms with Gasteiger partial charge in [-0.2, -0.15) is 16.8 Å². The lowest BCUT2D eigenvalue weighted by molar-refractivity contribution is 0.129.